The number of piperidine rings is 1. The largest absolute Gasteiger partial charge is 0.469 e. The average molecular weight is 327 g/mol. The summed E-state index contributed by atoms with van der Waals surface area (Å²) in [5, 5.41) is 0. The number of rotatable bonds is 6. The Morgan fingerprint density at radius 2 is 1.88 bits per heavy atom. The molecule has 0 saturated carbocycles. The van der Waals surface area contributed by atoms with Gasteiger partial charge in [0.1, 0.15) is 5.76 Å². The van der Waals surface area contributed by atoms with E-state index >= 15 is 0 Å². The maximum absolute atomic E-state index is 6.22. The van der Waals surface area contributed by atoms with E-state index in [1.54, 1.807) is 6.26 Å². The van der Waals surface area contributed by atoms with Gasteiger partial charge in [-0.1, -0.05) is 30.3 Å². The lowest BCUT2D eigenvalue weighted by Gasteiger charge is -2.47. The monoisotopic (exact) mass is 327 g/mol. The van der Waals surface area contributed by atoms with Gasteiger partial charge in [-0.25, -0.2) is 0 Å². The molecule has 2 N–H and O–H groups in total. The predicted octanol–water partition coefficient (Wildman–Crippen LogP) is 3.01. The van der Waals surface area contributed by atoms with Crippen molar-refractivity contribution in [3.63, 3.8) is 0 Å². The highest BCUT2D eigenvalue weighted by atomic mass is 16.3. The maximum atomic E-state index is 6.22. The minimum absolute atomic E-state index is 0.0941. The van der Waals surface area contributed by atoms with E-state index < -0.39 is 0 Å². The SMILES string of the molecule is Cc1occc1CN(C)C1(CN)CCN(Cc2ccccc2)CC1. The number of hydrogen-bond acceptors (Lipinski definition) is 4. The summed E-state index contributed by atoms with van der Waals surface area (Å²) in [4.78, 5) is 4.98. The van der Waals surface area contributed by atoms with Crippen LogP contribution in [0.1, 0.15) is 29.7 Å². The molecular formula is C20H29N3O. The third kappa shape index (κ3) is 3.72. The van der Waals surface area contributed by atoms with Gasteiger partial charge in [0.2, 0.25) is 0 Å². The first-order valence-corrected chi connectivity index (χ1v) is 8.83. The zero-order valence-corrected chi connectivity index (χ0v) is 14.9. The number of benzene rings is 1. The quantitative estimate of drug-likeness (QED) is 0.886. The minimum atomic E-state index is 0.0941. The molecule has 4 heteroatoms. The van der Waals surface area contributed by atoms with Gasteiger partial charge in [-0.2, -0.15) is 0 Å². The third-order valence-corrected chi connectivity index (χ3v) is 5.60. The molecule has 1 aliphatic heterocycles. The van der Waals surface area contributed by atoms with Crippen molar-refractivity contribution < 1.29 is 4.42 Å². The summed E-state index contributed by atoms with van der Waals surface area (Å²) in [5.41, 5.74) is 8.96. The van der Waals surface area contributed by atoms with Crippen LogP contribution in [0.4, 0.5) is 0 Å². The summed E-state index contributed by atoms with van der Waals surface area (Å²) in [6, 6.07) is 12.8. The van der Waals surface area contributed by atoms with Crippen LogP contribution in [0.15, 0.2) is 47.1 Å². The lowest BCUT2D eigenvalue weighted by Crippen LogP contribution is -2.57. The molecule has 0 bridgehead atoms. The molecule has 0 amide bonds. The second-order valence-electron chi connectivity index (χ2n) is 7.05. The average Bonchev–Trinajstić information content (AvgIpc) is 3.01. The first-order valence-electron chi connectivity index (χ1n) is 8.83. The summed E-state index contributed by atoms with van der Waals surface area (Å²) in [5.74, 6) is 1.01. The van der Waals surface area contributed by atoms with Crippen LogP contribution in [0.2, 0.25) is 0 Å². The van der Waals surface area contributed by atoms with Crippen LogP contribution in [-0.4, -0.2) is 42.0 Å². The van der Waals surface area contributed by atoms with Gasteiger partial charge >= 0.3 is 0 Å². The number of hydrogen-bond donors (Lipinski definition) is 1. The van der Waals surface area contributed by atoms with E-state index in [9.17, 15) is 0 Å². The molecule has 1 fully saturated rings. The van der Waals surface area contributed by atoms with Gasteiger partial charge in [-0.3, -0.25) is 9.80 Å². The van der Waals surface area contributed by atoms with Crippen LogP contribution in [-0.2, 0) is 13.1 Å². The van der Waals surface area contributed by atoms with Crippen molar-refractivity contribution in [3.8, 4) is 0 Å². The van der Waals surface area contributed by atoms with Gasteiger partial charge in [0, 0.05) is 43.8 Å². The number of likely N-dealkylation sites (tertiary alicyclic amines) is 1. The minimum Gasteiger partial charge on any atom is -0.469 e. The maximum Gasteiger partial charge on any atom is 0.105 e. The van der Waals surface area contributed by atoms with E-state index in [-0.39, 0.29) is 5.54 Å². The molecular weight excluding hydrogens is 298 g/mol. The van der Waals surface area contributed by atoms with Crippen LogP contribution in [0.3, 0.4) is 0 Å². The molecule has 130 valence electrons. The fourth-order valence-corrected chi connectivity index (χ4v) is 3.71. The molecule has 1 aromatic carbocycles. The molecule has 1 saturated heterocycles. The lowest BCUT2D eigenvalue weighted by atomic mass is 9.85. The van der Waals surface area contributed by atoms with Gasteiger partial charge in [0.05, 0.1) is 6.26 Å². The Labute approximate surface area is 145 Å². The summed E-state index contributed by atoms with van der Waals surface area (Å²) < 4.78 is 5.44. The van der Waals surface area contributed by atoms with Crippen molar-refractivity contribution in [2.75, 3.05) is 26.7 Å². The van der Waals surface area contributed by atoms with Crippen LogP contribution in [0, 0.1) is 6.92 Å². The number of likely N-dealkylation sites (N-methyl/N-ethyl adjacent to an activating group) is 1. The fraction of sp³-hybridized carbons (Fsp3) is 0.500. The highest BCUT2D eigenvalue weighted by Gasteiger charge is 2.37. The molecule has 0 atom stereocenters. The van der Waals surface area contributed by atoms with E-state index in [0.29, 0.717) is 6.54 Å². The highest BCUT2D eigenvalue weighted by Crippen LogP contribution is 2.29. The molecule has 1 aromatic heterocycles. The summed E-state index contributed by atoms with van der Waals surface area (Å²) >= 11 is 0. The molecule has 2 aromatic rings. The first kappa shape index (κ1) is 17.2. The molecule has 4 nitrogen and oxygen atoms in total. The number of aryl methyl sites for hydroxylation is 1. The Morgan fingerprint density at radius 3 is 2.46 bits per heavy atom. The number of nitrogens with two attached hydrogens (primary N) is 1. The number of furan rings is 1. The predicted molar refractivity (Wildman–Crippen MR) is 97.7 cm³/mol. The molecule has 24 heavy (non-hydrogen) atoms. The summed E-state index contributed by atoms with van der Waals surface area (Å²) in [7, 11) is 2.20. The van der Waals surface area contributed by atoms with E-state index in [4.69, 9.17) is 10.2 Å². The van der Waals surface area contributed by atoms with Crippen molar-refractivity contribution in [2.45, 2.75) is 38.4 Å². The van der Waals surface area contributed by atoms with E-state index in [0.717, 1.165) is 44.8 Å². The van der Waals surface area contributed by atoms with Gasteiger partial charge < -0.3 is 10.2 Å². The van der Waals surface area contributed by atoms with E-state index in [2.05, 4.69) is 53.2 Å². The topological polar surface area (TPSA) is 45.6 Å². The molecule has 3 rings (SSSR count). The van der Waals surface area contributed by atoms with Crippen LogP contribution in [0.25, 0.3) is 0 Å². The molecule has 1 aliphatic rings. The van der Waals surface area contributed by atoms with Crippen molar-refractivity contribution in [1.82, 2.24) is 9.80 Å². The normalized spacial score (nSPS) is 18.2. The highest BCUT2D eigenvalue weighted by molar-refractivity contribution is 5.17. The Kier molecular flexibility index (Phi) is 5.39. The Balaban J connectivity index is 1.60. The Hall–Kier alpha value is -1.62. The van der Waals surface area contributed by atoms with Crippen molar-refractivity contribution in [3.05, 3.63) is 59.5 Å². The van der Waals surface area contributed by atoms with Crippen LogP contribution in [0.5, 0.6) is 0 Å². The molecule has 0 radical (unpaired) electrons. The molecule has 0 aliphatic carbocycles. The standard InChI is InChI=1S/C20H29N3O/c1-17-19(8-13-24-17)15-22(2)20(16-21)9-11-23(12-10-20)14-18-6-4-3-5-7-18/h3-8,13H,9-12,14-16,21H2,1-2H3. The molecule has 0 unspecified atom stereocenters. The first-order chi connectivity index (χ1) is 11.6. The van der Waals surface area contributed by atoms with Gasteiger partial charge in [-0.15, -0.1) is 0 Å². The van der Waals surface area contributed by atoms with E-state index in [1.807, 2.05) is 6.92 Å². The second-order valence-corrected chi connectivity index (χ2v) is 7.05. The summed E-state index contributed by atoms with van der Waals surface area (Å²) in [6.45, 7) is 6.87. The van der Waals surface area contributed by atoms with Crippen molar-refractivity contribution >= 4 is 0 Å². The third-order valence-electron chi connectivity index (χ3n) is 5.60. The smallest absolute Gasteiger partial charge is 0.105 e. The van der Waals surface area contributed by atoms with Gasteiger partial charge in [0.25, 0.3) is 0 Å². The lowest BCUT2D eigenvalue weighted by molar-refractivity contribution is 0.0372. The van der Waals surface area contributed by atoms with Gasteiger partial charge in [-0.05, 0) is 38.4 Å². The van der Waals surface area contributed by atoms with Crippen LogP contribution < -0.4 is 5.73 Å². The Bertz CT molecular complexity index is 629. The second kappa shape index (κ2) is 7.51. The number of nitrogens with zero attached hydrogens (tertiary/aromatic N) is 2. The van der Waals surface area contributed by atoms with E-state index in [1.165, 1.54) is 11.1 Å². The van der Waals surface area contributed by atoms with Crippen molar-refractivity contribution in [2.24, 2.45) is 5.73 Å². The molecule has 2 heterocycles. The Morgan fingerprint density at radius 1 is 1.17 bits per heavy atom. The zero-order chi connectivity index (χ0) is 17.0. The summed E-state index contributed by atoms with van der Waals surface area (Å²) in [6.07, 6.45) is 4.00. The van der Waals surface area contributed by atoms with Crippen molar-refractivity contribution in [1.29, 1.82) is 0 Å². The van der Waals surface area contributed by atoms with Crippen LogP contribution >= 0.6 is 0 Å². The zero-order valence-electron chi connectivity index (χ0n) is 14.9. The molecule has 0 spiro atoms. The fourth-order valence-electron chi connectivity index (χ4n) is 3.71. The van der Waals surface area contributed by atoms with Gasteiger partial charge in [0.15, 0.2) is 0 Å².